The van der Waals surface area contributed by atoms with Gasteiger partial charge in [0.15, 0.2) is 0 Å². The van der Waals surface area contributed by atoms with Gasteiger partial charge < -0.3 is 10.6 Å². The molecule has 2 saturated carbocycles. The van der Waals surface area contributed by atoms with Crippen molar-refractivity contribution in [2.24, 2.45) is 5.73 Å². The van der Waals surface area contributed by atoms with E-state index in [9.17, 15) is 4.79 Å². The maximum Gasteiger partial charge on any atom is 0.242 e. The maximum absolute atomic E-state index is 12.5. The molecule has 16 heavy (non-hydrogen) atoms. The third-order valence-corrected chi connectivity index (χ3v) is 3.88. The van der Waals surface area contributed by atoms with Crippen LogP contribution in [-0.4, -0.2) is 28.9 Å². The van der Waals surface area contributed by atoms with Gasteiger partial charge in [-0.1, -0.05) is 26.2 Å². The van der Waals surface area contributed by atoms with Gasteiger partial charge in [0.05, 0.1) is 5.54 Å². The first kappa shape index (κ1) is 11.9. The first-order valence-electron chi connectivity index (χ1n) is 6.77. The molecular weight excluding hydrogens is 200 g/mol. The van der Waals surface area contributed by atoms with Crippen molar-refractivity contribution in [3.05, 3.63) is 0 Å². The molecule has 2 aliphatic carbocycles. The summed E-state index contributed by atoms with van der Waals surface area (Å²) in [5, 5.41) is 0. The Labute approximate surface area is 98.4 Å². The third-order valence-electron chi connectivity index (χ3n) is 3.88. The summed E-state index contributed by atoms with van der Waals surface area (Å²) in [7, 11) is 0. The topological polar surface area (TPSA) is 46.3 Å². The molecule has 0 unspecified atom stereocenters. The second kappa shape index (κ2) is 4.74. The predicted octanol–water partition coefficient (Wildman–Crippen LogP) is 2.05. The van der Waals surface area contributed by atoms with Gasteiger partial charge in [-0.2, -0.15) is 0 Å². The first-order chi connectivity index (χ1) is 7.67. The van der Waals surface area contributed by atoms with Crippen molar-refractivity contribution in [3.63, 3.8) is 0 Å². The molecule has 0 saturated heterocycles. The van der Waals surface area contributed by atoms with E-state index in [1.165, 1.54) is 19.3 Å². The van der Waals surface area contributed by atoms with E-state index in [4.69, 9.17) is 5.73 Å². The molecule has 3 nitrogen and oxygen atoms in total. The fourth-order valence-corrected chi connectivity index (χ4v) is 2.76. The van der Waals surface area contributed by atoms with Gasteiger partial charge >= 0.3 is 0 Å². The van der Waals surface area contributed by atoms with Gasteiger partial charge in [0.2, 0.25) is 5.91 Å². The van der Waals surface area contributed by atoms with Gasteiger partial charge in [0.1, 0.15) is 0 Å². The van der Waals surface area contributed by atoms with E-state index < -0.39 is 5.54 Å². The van der Waals surface area contributed by atoms with Crippen LogP contribution in [0.4, 0.5) is 0 Å². The molecular formula is C13H24N2O. The number of hydrogen-bond acceptors (Lipinski definition) is 2. The average Bonchev–Trinajstić information content (AvgIpc) is 3.10. The molecule has 0 aromatic rings. The van der Waals surface area contributed by atoms with Crippen LogP contribution in [0.1, 0.15) is 58.3 Å². The van der Waals surface area contributed by atoms with E-state index in [0.717, 1.165) is 38.6 Å². The van der Waals surface area contributed by atoms with Crippen LogP contribution < -0.4 is 5.73 Å². The summed E-state index contributed by atoms with van der Waals surface area (Å²) in [4.78, 5) is 14.6. The summed E-state index contributed by atoms with van der Waals surface area (Å²) < 4.78 is 0. The Balaban J connectivity index is 2.02. The van der Waals surface area contributed by atoms with Crippen LogP contribution in [0, 0.1) is 0 Å². The number of nitrogens with two attached hydrogens (primary N) is 1. The number of carbonyl (C=O) groups excluding carboxylic acids is 1. The molecule has 2 N–H and O–H groups in total. The molecule has 1 amide bonds. The number of rotatable bonds is 4. The van der Waals surface area contributed by atoms with E-state index in [1.54, 1.807) is 0 Å². The zero-order valence-corrected chi connectivity index (χ0v) is 10.4. The van der Waals surface area contributed by atoms with E-state index in [2.05, 4.69) is 11.8 Å². The van der Waals surface area contributed by atoms with Crippen LogP contribution in [0.3, 0.4) is 0 Å². The summed E-state index contributed by atoms with van der Waals surface area (Å²) in [6.07, 6.45) is 8.66. The van der Waals surface area contributed by atoms with Gasteiger partial charge in [-0.05, 0) is 32.1 Å². The van der Waals surface area contributed by atoms with Crippen LogP contribution in [0.2, 0.25) is 0 Å². The Hall–Kier alpha value is -0.570. The van der Waals surface area contributed by atoms with Gasteiger partial charge in [-0.3, -0.25) is 4.79 Å². The van der Waals surface area contributed by atoms with Crippen molar-refractivity contribution in [2.45, 2.75) is 69.9 Å². The second-order valence-electron chi connectivity index (χ2n) is 5.45. The van der Waals surface area contributed by atoms with Crippen molar-refractivity contribution in [2.75, 3.05) is 6.54 Å². The number of carbonyl (C=O) groups is 1. The first-order valence-corrected chi connectivity index (χ1v) is 6.77. The predicted molar refractivity (Wildman–Crippen MR) is 65.0 cm³/mol. The van der Waals surface area contributed by atoms with E-state index in [0.29, 0.717) is 6.04 Å². The Kier molecular flexibility index (Phi) is 3.53. The van der Waals surface area contributed by atoms with Crippen molar-refractivity contribution in [1.82, 2.24) is 4.90 Å². The SMILES string of the molecule is CCCN(C(=O)C1(N)CCCCC1)C1CC1. The molecule has 0 radical (unpaired) electrons. The molecule has 2 rings (SSSR count). The number of hydrogen-bond donors (Lipinski definition) is 1. The van der Waals surface area contributed by atoms with E-state index in [-0.39, 0.29) is 5.91 Å². The Morgan fingerprint density at radius 2 is 1.94 bits per heavy atom. The summed E-state index contributed by atoms with van der Waals surface area (Å²) in [5.41, 5.74) is 5.78. The minimum Gasteiger partial charge on any atom is -0.338 e. The summed E-state index contributed by atoms with van der Waals surface area (Å²) in [6, 6.07) is 0.509. The molecule has 0 spiro atoms. The quantitative estimate of drug-likeness (QED) is 0.794. The lowest BCUT2D eigenvalue weighted by atomic mass is 9.81. The number of nitrogens with zero attached hydrogens (tertiary/aromatic N) is 1. The van der Waals surface area contributed by atoms with E-state index in [1.807, 2.05) is 0 Å². The van der Waals surface area contributed by atoms with E-state index >= 15 is 0 Å². The summed E-state index contributed by atoms with van der Waals surface area (Å²) in [6.45, 7) is 3.02. The Bertz CT molecular complexity index is 255. The van der Waals surface area contributed by atoms with Crippen molar-refractivity contribution < 1.29 is 4.79 Å². The van der Waals surface area contributed by atoms with Crippen LogP contribution >= 0.6 is 0 Å². The van der Waals surface area contributed by atoms with Crippen molar-refractivity contribution in [1.29, 1.82) is 0 Å². The average molecular weight is 224 g/mol. The number of amides is 1. The van der Waals surface area contributed by atoms with Crippen molar-refractivity contribution in [3.8, 4) is 0 Å². The summed E-state index contributed by atoms with van der Waals surface area (Å²) in [5.74, 6) is 0.233. The molecule has 0 aromatic heterocycles. The summed E-state index contributed by atoms with van der Waals surface area (Å²) >= 11 is 0. The van der Waals surface area contributed by atoms with Gasteiger partial charge in [-0.15, -0.1) is 0 Å². The fraction of sp³-hybridized carbons (Fsp3) is 0.923. The smallest absolute Gasteiger partial charge is 0.242 e. The Morgan fingerprint density at radius 1 is 1.31 bits per heavy atom. The molecule has 0 atom stereocenters. The van der Waals surface area contributed by atoms with Crippen molar-refractivity contribution >= 4 is 5.91 Å². The highest BCUT2D eigenvalue weighted by molar-refractivity contribution is 5.86. The molecule has 0 heterocycles. The molecule has 2 fully saturated rings. The fourth-order valence-electron chi connectivity index (χ4n) is 2.76. The van der Waals surface area contributed by atoms with Gasteiger partial charge in [-0.25, -0.2) is 0 Å². The van der Waals surface area contributed by atoms with Crippen LogP contribution in [0.25, 0.3) is 0 Å². The minimum absolute atomic E-state index is 0.233. The normalized spacial score (nSPS) is 24.1. The monoisotopic (exact) mass is 224 g/mol. The Morgan fingerprint density at radius 3 is 2.44 bits per heavy atom. The zero-order valence-electron chi connectivity index (χ0n) is 10.4. The lowest BCUT2D eigenvalue weighted by Crippen LogP contribution is -2.57. The molecule has 0 aliphatic heterocycles. The van der Waals surface area contributed by atoms with Crippen LogP contribution in [-0.2, 0) is 4.79 Å². The lowest BCUT2D eigenvalue weighted by molar-refractivity contribution is -0.138. The second-order valence-corrected chi connectivity index (χ2v) is 5.45. The zero-order chi connectivity index (χ0) is 11.6. The highest BCUT2D eigenvalue weighted by atomic mass is 16.2. The van der Waals surface area contributed by atoms with Crippen LogP contribution in [0.5, 0.6) is 0 Å². The maximum atomic E-state index is 12.5. The minimum atomic E-state index is -0.532. The molecule has 0 aromatic carbocycles. The molecule has 3 heteroatoms. The lowest BCUT2D eigenvalue weighted by Gasteiger charge is -2.37. The van der Waals surface area contributed by atoms with Gasteiger partial charge in [0.25, 0.3) is 0 Å². The third kappa shape index (κ3) is 2.40. The molecule has 0 bridgehead atoms. The highest BCUT2D eigenvalue weighted by Gasteiger charge is 2.42. The van der Waals surface area contributed by atoms with Crippen LogP contribution in [0.15, 0.2) is 0 Å². The standard InChI is InChI=1S/C13H24N2O/c1-2-10-15(11-6-7-11)12(16)13(14)8-4-3-5-9-13/h11H,2-10,14H2,1H3. The molecule has 92 valence electrons. The highest BCUT2D eigenvalue weighted by Crippen LogP contribution is 2.33. The van der Waals surface area contributed by atoms with Gasteiger partial charge in [0, 0.05) is 12.6 Å². The largest absolute Gasteiger partial charge is 0.338 e. The molecule has 2 aliphatic rings.